The van der Waals surface area contributed by atoms with Crippen molar-refractivity contribution in [3.8, 4) is 28.4 Å². The van der Waals surface area contributed by atoms with Crippen LogP contribution in [-0.2, 0) is 0 Å². The van der Waals surface area contributed by atoms with Crippen molar-refractivity contribution >= 4 is 11.8 Å². The summed E-state index contributed by atoms with van der Waals surface area (Å²) < 4.78 is 38.9. The maximum absolute atomic E-state index is 13.7. The smallest absolute Gasteiger partial charge is 0.222 e. The molecule has 1 heterocycles. The number of aromatic nitrogens is 2. The molecule has 0 spiro atoms. The van der Waals surface area contributed by atoms with Gasteiger partial charge in [-0.2, -0.15) is 4.98 Å². The van der Waals surface area contributed by atoms with Crippen molar-refractivity contribution < 1.29 is 18.3 Å². The Hall–Kier alpha value is -3.42. The molecule has 0 aliphatic rings. The molecule has 0 atom stereocenters. The number of ether oxygens (including phenoxy) is 2. The van der Waals surface area contributed by atoms with E-state index in [1.54, 1.807) is 12.1 Å². The molecule has 8 heteroatoms. The van der Waals surface area contributed by atoms with Crippen molar-refractivity contribution in [3.05, 3.63) is 53.7 Å². The average Bonchev–Trinajstić information content (AvgIpc) is 2.62. The third kappa shape index (κ3) is 3.95. The number of nitrogens with zero attached hydrogens (tertiary/aromatic N) is 2. The average molecular weight is 386 g/mol. The van der Waals surface area contributed by atoms with Gasteiger partial charge in [-0.15, -0.1) is 0 Å². The first-order valence-corrected chi connectivity index (χ1v) is 8.52. The fourth-order valence-corrected chi connectivity index (χ4v) is 2.81. The molecule has 4 N–H and O–H groups in total. The number of hydrogen-bond acceptors (Lipinski definition) is 6. The summed E-state index contributed by atoms with van der Waals surface area (Å²) in [5.41, 5.74) is 13.0. The van der Waals surface area contributed by atoms with E-state index in [-0.39, 0.29) is 23.4 Å². The van der Waals surface area contributed by atoms with Crippen LogP contribution in [0.5, 0.6) is 17.2 Å². The normalized spacial score (nSPS) is 10.9. The van der Waals surface area contributed by atoms with Crippen LogP contribution in [0.4, 0.5) is 20.5 Å². The van der Waals surface area contributed by atoms with E-state index in [0.29, 0.717) is 22.6 Å². The molecule has 0 saturated heterocycles. The van der Waals surface area contributed by atoms with Crippen molar-refractivity contribution in [1.82, 2.24) is 9.97 Å². The lowest BCUT2D eigenvalue weighted by Gasteiger charge is -2.19. The Morgan fingerprint density at radius 1 is 0.929 bits per heavy atom. The van der Waals surface area contributed by atoms with Crippen molar-refractivity contribution in [3.63, 3.8) is 0 Å². The van der Waals surface area contributed by atoms with E-state index in [4.69, 9.17) is 20.9 Å². The summed E-state index contributed by atoms with van der Waals surface area (Å²) in [5, 5.41) is 0. The number of hydrogen-bond donors (Lipinski definition) is 2. The predicted octanol–water partition coefficient (Wildman–Crippen LogP) is 4.51. The van der Waals surface area contributed by atoms with Gasteiger partial charge < -0.3 is 20.9 Å². The Balaban J connectivity index is 2.17. The van der Waals surface area contributed by atoms with E-state index in [2.05, 4.69) is 9.97 Å². The first-order chi connectivity index (χ1) is 13.3. The largest absolute Gasteiger partial charge is 0.496 e. The summed E-state index contributed by atoms with van der Waals surface area (Å²) in [7, 11) is 1.49. The van der Waals surface area contributed by atoms with Crippen LogP contribution < -0.4 is 20.9 Å². The van der Waals surface area contributed by atoms with E-state index in [0.717, 1.165) is 11.6 Å². The Bertz CT molecular complexity index is 1010. The summed E-state index contributed by atoms with van der Waals surface area (Å²) in [6.07, 6.45) is 1.37. The molecule has 0 bridgehead atoms. The molecular weight excluding hydrogens is 366 g/mol. The number of anilines is 2. The summed E-state index contributed by atoms with van der Waals surface area (Å²) in [6.45, 7) is 3.96. The van der Waals surface area contributed by atoms with Crippen LogP contribution in [0.3, 0.4) is 0 Å². The van der Waals surface area contributed by atoms with Crippen LogP contribution in [0.25, 0.3) is 11.1 Å². The fourth-order valence-electron chi connectivity index (χ4n) is 2.81. The highest BCUT2D eigenvalue weighted by Gasteiger charge is 2.18. The Morgan fingerprint density at radius 3 is 2.18 bits per heavy atom. The highest BCUT2D eigenvalue weighted by molar-refractivity contribution is 5.74. The molecule has 2 aromatic carbocycles. The van der Waals surface area contributed by atoms with Crippen molar-refractivity contribution in [2.24, 2.45) is 0 Å². The highest BCUT2D eigenvalue weighted by atomic mass is 19.1. The number of nitrogen functional groups attached to an aromatic ring is 2. The molecule has 146 valence electrons. The zero-order valence-electron chi connectivity index (χ0n) is 15.7. The topological polar surface area (TPSA) is 96.3 Å². The predicted molar refractivity (Wildman–Crippen MR) is 103 cm³/mol. The van der Waals surface area contributed by atoms with Crippen LogP contribution in [0.15, 0.2) is 36.5 Å². The standard InChI is InChI=1S/C20H20F2N4O2/c1-10(2)14-7-16(27-3)15(11-4-12(21)6-13(22)5-11)8-17(14)28-18-9-25-20(24)26-19(18)23/h4-10H,1-3H3,(H4,23,24,25,26). The van der Waals surface area contributed by atoms with Crippen LogP contribution in [-0.4, -0.2) is 17.1 Å². The quantitative estimate of drug-likeness (QED) is 0.670. The van der Waals surface area contributed by atoms with Crippen LogP contribution in [0.1, 0.15) is 25.3 Å². The lowest BCUT2D eigenvalue weighted by Crippen LogP contribution is -2.03. The van der Waals surface area contributed by atoms with E-state index < -0.39 is 11.6 Å². The van der Waals surface area contributed by atoms with Gasteiger partial charge in [-0.3, -0.25) is 0 Å². The summed E-state index contributed by atoms with van der Waals surface area (Å²) in [4.78, 5) is 7.76. The van der Waals surface area contributed by atoms with E-state index in [1.165, 1.54) is 25.4 Å². The van der Waals surface area contributed by atoms with Crippen molar-refractivity contribution in [2.45, 2.75) is 19.8 Å². The summed E-state index contributed by atoms with van der Waals surface area (Å²) in [6, 6.07) is 6.67. The number of nitrogens with two attached hydrogens (primary N) is 2. The molecule has 6 nitrogen and oxygen atoms in total. The molecule has 1 aromatic heterocycles. The lowest BCUT2D eigenvalue weighted by molar-refractivity contribution is 0.412. The SMILES string of the molecule is COc1cc(C(C)C)c(Oc2cnc(N)nc2N)cc1-c1cc(F)cc(F)c1. The molecule has 0 aliphatic carbocycles. The number of benzene rings is 2. The van der Waals surface area contributed by atoms with Crippen molar-refractivity contribution in [1.29, 1.82) is 0 Å². The Labute approximate surface area is 161 Å². The molecule has 0 aliphatic heterocycles. The fraction of sp³-hybridized carbons (Fsp3) is 0.200. The molecule has 0 saturated carbocycles. The second-order valence-electron chi connectivity index (χ2n) is 6.48. The van der Waals surface area contributed by atoms with E-state index in [1.807, 2.05) is 13.8 Å². The van der Waals surface area contributed by atoms with Gasteiger partial charge >= 0.3 is 0 Å². The van der Waals surface area contributed by atoms with Gasteiger partial charge in [-0.1, -0.05) is 13.8 Å². The molecule has 0 amide bonds. The zero-order chi connectivity index (χ0) is 20.4. The molecular formula is C20H20F2N4O2. The van der Waals surface area contributed by atoms with E-state index >= 15 is 0 Å². The van der Waals surface area contributed by atoms with Gasteiger partial charge in [0.05, 0.1) is 13.3 Å². The molecule has 0 fully saturated rings. The van der Waals surface area contributed by atoms with Gasteiger partial charge in [-0.25, -0.2) is 13.8 Å². The molecule has 3 rings (SSSR count). The number of methoxy groups -OCH3 is 1. The van der Waals surface area contributed by atoms with E-state index in [9.17, 15) is 8.78 Å². The molecule has 0 unspecified atom stereocenters. The van der Waals surface area contributed by atoms with Gasteiger partial charge in [0.2, 0.25) is 5.95 Å². The highest BCUT2D eigenvalue weighted by Crippen LogP contribution is 2.41. The first kappa shape index (κ1) is 19.3. The number of rotatable bonds is 5. The minimum absolute atomic E-state index is 0.0274. The zero-order valence-corrected chi connectivity index (χ0v) is 15.7. The first-order valence-electron chi connectivity index (χ1n) is 8.52. The van der Waals surface area contributed by atoms with Gasteiger partial charge in [0, 0.05) is 17.2 Å². The molecule has 3 aromatic rings. The monoisotopic (exact) mass is 386 g/mol. The Morgan fingerprint density at radius 2 is 1.61 bits per heavy atom. The summed E-state index contributed by atoms with van der Waals surface area (Å²) >= 11 is 0. The van der Waals surface area contributed by atoms with Crippen LogP contribution >= 0.6 is 0 Å². The Kier molecular flexibility index (Phi) is 5.30. The molecule has 0 radical (unpaired) electrons. The summed E-state index contributed by atoms with van der Waals surface area (Å²) in [5.74, 6) is -0.0860. The minimum Gasteiger partial charge on any atom is -0.496 e. The van der Waals surface area contributed by atoms with Gasteiger partial charge in [0.1, 0.15) is 23.1 Å². The molecule has 28 heavy (non-hydrogen) atoms. The third-order valence-corrected chi connectivity index (χ3v) is 4.15. The lowest BCUT2D eigenvalue weighted by atomic mass is 9.96. The third-order valence-electron chi connectivity index (χ3n) is 4.15. The number of halogens is 2. The van der Waals surface area contributed by atoms with Crippen molar-refractivity contribution in [2.75, 3.05) is 18.6 Å². The maximum Gasteiger partial charge on any atom is 0.222 e. The second-order valence-corrected chi connectivity index (χ2v) is 6.48. The second kappa shape index (κ2) is 7.67. The maximum atomic E-state index is 13.7. The van der Waals surface area contributed by atoms with Crippen LogP contribution in [0, 0.1) is 11.6 Å². The van der Waals surface area contributed by atoms with Gasteiger partial charge in [0.15, 0.2) is 11.6 Å². The van der Waals surface area contributed by atoms with Crippen LogP contribution in [0.2, 0.25) is 0 Å². The van der Waals surface area contributed by atoms with Gasteiger partial charge in [0.25, 0.3) is 0 Å². The minimum atomic E-state index is -0.691. The van der Waals surface area contributed by atoms with Gasteiger partial charge in [-0.05, 0) is 35.7 Å².